The molecular weight excluding hydrogens is 380 g/mol. The van der Waals surface area contributed by atoms with Crippen molar-refractivity contribution in [1.82, 2.24) is 9.29 Å². The zero-order chi connectivity index (χ0) is 18.9. The number of ether oxygens (including phenoxy) is 1. The first kappa shape index (κ1) is 18.2. The van der Waals surface area contributed by atoms with E-state index in [2.05, 4.69) is 4.98 Å². The molecule has 0 bridgehead atoms. The zero-order valence-corrected chi connectivity index (χ0v) is 16.6. The molecule has 1 aliphatic heterocycles. The number of benzene rings is 2. The summed E-state index contributed by atoms with van der Waals surface area (Å²) in [5.41, 5.74) is 1.77. The van der Waals surface area contributed by atoms with Gasteiger partial charge in [0.2, 0.25) is 10.0 Å². The van der Waals surface area contributed by atoms with Gasteiger partial charge in [0.1, 0.15) is 15.7 Å². The predicted octanol–water partition coefficient (Wildman–Crippen LogP) is 4.26. The molecule has 140 valence electrons. The Bertz CT molecular complexity index is 1060. The highest BCUT2D eigenvalue weighted by Crippen LogP contribution is 2.30. The molecule has 1 saturated heterocycles. The Morgan fingerprint density at radius 2 is 1.89 bits per heavy atom. The van der Waals surface area contributed by atoms with E-state index >= 15 is 0 Å². The Balaban J connectivity index is 1.67. The maximum Gasteiger partial charge on any atom is 0.246 e. The third kappa shape index (κ3) is 3.63. The molecule has 3 aromatic rings. The smallest absolute Gasteiger partial charge is 0.246 e. The van der Waals surface area contributed by atoms with Gasteiger partial charge in [-0.15, -0.1) is 11.3 Å². The number of sulfonamides is 1. The third-order valence-corrected chi connectivity index (χ3v) is 7.52. The first-order chi connectivity index (χ1) is 13.1. The summed E-state index contributed by atoms with van der Waals surface area (Å²) in [7, 11) is -2.05. The van der Waals surface area contributed by atoms with Gasteiger partial charge >= 0.3 is 0 Å². The molecule has 0 aliphatic carbocycles. The molecule has 2 heterocycles. The van der Waals surface area contributed by atoms with Gasteiger partial charge in [-0.05, 0) is 48.7 Å². The van der Waals surface area contributed by atoms with E-state index in [0.29, 0.717) is 18.8 Å². The zero-order valence-electron chi connectivity index (χ0n) is 15.0. The Morgan fingerprint density at radius 3 is 2.63 bits per heavy atom. The summed E-state index contributed by atoms with van der Waals surface area (Å²) in [5.74, 6) is 0.374. The average Bonchev–Trinajstić information content (AvgIpc) is 3.35. The van der Waals surface area contributed by atoms with Gasteiger partial charge in [-0.25, -0.2) is 13.4 Å². The summed E-state index contributed by atoms with van der Waals surface area (Å²) in [5, 5.41) is 0.885. The number of para-hydroxylation sites is 1. The molecule has 4 rings (SSSR count). The molecule has 27 heavy (non-hydrogen) atoms. The third-order valence-electron chi connectivity index (χ3n) is 4.60. The van der Waals surface area contributed by atoms with Crippen LogP contribution in [0.3, 0.4) is 0 Å². The maximum absolute atomic E-state index is 13.0. The summed E-state index contributed by atoms with van der Waals surface area (Å²) in [6.45, 7) is 1.13. The topological polar surface area (TPSA) is 59.5 Å². The van der Waals surface area contributed by atoms with Gasteiger partial charge in [0.25, 0.3) is 0 Å². The summed E-state index contributed by atoms with van der Waals surface area (Å²) < 4.78 is 33.9. The molecule has 0 unspecified atom stereocenters. The lowest BCUT2D eigenvalue weighted by Crippen LogP contribution is -2.28. The second kappa shape index (κ2) is 7.42. The van der Waals surface area contributed by atoms with E-state index in [1.54, 1.807) is 23.5 Å². The van der Waals surface area contributed by atoms with Crippen LogP contribution in [0.1, 0.15) is 23.4 Å². The minimum Gasteiger partial charge on any atom is -0.495 e. The van der Waals surface area contributed by atoms with Crippen LogP contribution in [0.4, 0.5) is 0 Å². The second-order valence-corrected chi connectivity index (χ2v) is 9.34. The first-order valence-corrected chi connectivity index (χ1v) is 11.1. The molecule has 2 aromatic carbocycles. The van der Waals surface area contributed by atoms with Crippen LogP contribution in [-0.4, -0.2) is 37.9 Å². The molecule has 0 spiro atoms. The van der Waals surface area contributed by atoms with Gasteiger partial charge in [-0.2, -0.15) is 4.31 Å². The minimum absolute atomic E-state index is 0.221. The molecule has 1 aliphatic rings. The standard InChI is InChI=1S/C20H20N2O3S2/c1-25-17-10-8-15(14-19(17)27(23,24)22-12-4-5-13-22)9-11-20-21-16-6-2-3-7-18(16)26-20/h2-3,6-11,14H,4-5,12-13H2,1H3. The number of rotatable bonds is 5. The number of methoxy groups -OCH3 is 1. The Kier molecular flexibility index (Phi) is 4.99. The van der Waals surface area contributed by atoms with Crippen LogP contribution >= 0.6 is 11.3 Å². The van der Waals surface area contributed by atoms with Crippen LogP contribution in [0.25, 0.3) is 22.4 Å². The highest BCUT2D eigenvalue weighted by atomic mass is 32.2. The van der Waals surface area contributed by atoms with E-state index in [1.165, 1.54) is 11.4 Å². The summed E-state index contributed by atoms with van der Waals surface area (Å²) in [4.78, 5) is 4.80. The number of fused-ring (bicyclic) bond motifs is 1. The molecule has 0 radical (unpaired) electrons. The molecular formula is C20H20N2O3S2. The van der Waals surface area contributed by atoms with Gasteiger partial charge in [0.15, 0.2) is 0 Å². The SMILES string of the molecule is COc1ccc(C=Cc2nc3ccccc3s2)cc1S(=O)(=O)N1CCCC1. The van der Waals surface area contributed by atoms with Crippen LogP contribution in [-0.2, 0) is 10.0 Å². The van der Waals surface area contributed by atoms with E-state index in [-0.39, 0.29) is 4.90 Å². The van der Waals surface area contributed by atoms with Crippen molar-refractivity contribution in [3.8, 4) is 5.75 Å². The lowest BCUT2D eigenvalue weighted by Gasteiger charge is -2.18. The van der Waals surface area contributed by atoms with Gasteiger partial charge in [-0.3, -0.25) is 0 Å². The van der Waals surface area contributed by atoms with Crippen molar-refractivity contribution in [3.05, 3.63) is 53.0 Å². The Labute approximate surface area is 163 Å². The summed E-state index contributed by atoms with van der Waals surface area (Å²) >= 11 is 1.61. The molecule has 7 heteroatoms. The Morgan fingerprint density at radius 1 is 1.11 bits per heavy atom. The number of hydrogen-bond donors (Lipinski definition) is 0. The fraction of sp³-hybridized carbons (Fsp3) is 0.250. The van der Waals surface area contributed by atoms with Crippen LogP contribution in [0.2, 0.25) is 0 Å². The van der Waals surface area contributed by atoms with Crippen molar-refractivity contribution in [3.63, 3.8) is 0 Å². The lowest BCUT2D eigenvalue weighted by molar-refractivity contribution is 0.398. The maximum atomic E-state index is 13.0. The number of aromatic nitrogens is 1. The fourth-order valence-corrected chi connectivity index (χ4v) is 5.77. The van der Waals surface area contributed by atoms with Gasteiger partial charge < -0.3 is 4.74 Å². The van der Waals surface area contributed by atoms with Crippen molar-refractivity contribution in [1.29, 1.82) is 0 Å². The van der Waals surface area contributed by atoms with Crippen LogP contribution < -0.4 is 4.74 Å². The largest absolute Gasteiger partial charge is 0.495 e. The van der Waals surface area contributed by atoms with Gasteiger partial charge in [-0.1, -0.05) is 24.3 Å². The van der Waals surface area contributed by atoms with Crippen LogP contribution in [0.5, 0.6) is 5.75 Å². The molecule has 1 fully saturated rings. The molecule has 0 N–H and O–H groups in total. The number of nitrogens with zero attached hydrogens (tertiary/aromatic N) is 2. The molecule has 0 amide bonds. The van der Waals surface area contributed by atoms with Crippen molar-refractivity contribution < 1.29 is 13.2 Å². The highest BCUT2D eigenvalue weighted by Gasteiger charge is 2.29. The normalized spacial score (nSPS) is 15.7. The number of thiazole rings is 1. The number of hydrogen-bond acceptors (Lipinski definition) is 5. The lowest BCUT2D eigenvalue weighted by atomic mass is 10.2. The van der Waals surface area contributed by atoms with E-state index in [4.69, 9.17) is 4.74 Å². The fourth-order valence-electron chi connectivity index (χ4n) is 3.19. The Hall–Kier alpha value is -2.22. The van der Waals surface area contributed by atoms with E-state index in [9.17, 15) is 8.42 Å². The van der Waals surface area contributed by atoms with Crippen molar-refractivity contribution >= 4 is 43.7 Å². The summed E-state index contributed by atoms with van der Waals surface area (Å²) in [6.07, 6.45) is 5.61. The summed E-state index contributed by atoms with van der Waals surface area (Å²) in [6, 6.07) is 13.2. The molecule has 0 saturated carbocycles. The molecule has 0 atom stereocenters. The van der Waals surface area contributed by atoms with Crippen molar-refractivity contribution in [2.24, 2.45) is 0 Å². The van der Waals surface area contributed by atoms with E-state index < -0.39 is 10.0 Å². The predicted molar refractivity (Wildman–Crippen MR) is 110 cm³/mol. The van der Waals surface area contributed by atoms with Gasteiger partial charge in [0, 0.05) is 13.1 Å². The minimum atomic E-state index is -3.55. The highest BCUT2D eigenvalue weighted by molar-refractivity contribution is 7.89. The second-order valence-electron chi connectivity index (χ2n) is 6.37. The first-order valence-electron chi connectivity index (χ1n) is 8.80. The van der Waals surface area contributed by atoms with Crippen molar-refractivity contribution in [2.45, 2.75) is 17.7 Å². The van der Waals surface area contributed by atoms with E-state index in [1.807, 2.05) is 42.5 Å². The quantitative estimate of drug-likeness (QED) is 0.642. The molecule has 5 nitrogen and oxygen atoms in total. The van der Waals surface area contributed by atoms with Crippen molar-refractivity contribution in [2.75, 3.05) is 20.2 Å². The van der Waals surface area contributed by atoms with E-state index in [0.717, 1.165) is 33.6 Å². The monoisotopic (exact) mass is 400 g/mol. The van der Waals surface area contributed by atoms with Gasteiger partial charge in [0.05, 0.1) is 17.3 Å². The molecule has 1 aromatic heterocycles. The van der Waals surface area contributed by atoms with Crippen LogP contribution in [0, 0.1) is 0 Å². The average molecular weight is 401 g/mol. The van der Waals surface area contributed by atoms with Crippen LogP contribution in [0.15, 0.2) is 47.4 Å².